The quantitative estimate of drug-likeness (QED) is 0.712. The zero-order valence-electron chi connectivity index (χ0n) is 11.6. The van der Waals surface area contributed by atoms with Crippen molar-refractivity contribution in [3.63, 3.8) is 0 Å². The predicted octanol–water partition coefficient (Wildman–Crippen LogP) is 3.49. The van der Waals surface area contributed by atoms with E-state index in [0.717, 1.165) is 44.3 Å². The van der Waals surface area contributed by atoms with Crippen molar-refractivity contribution >= 4 is 5.78 Å². The second kappa shape index (κ2) is 5.83. The summed E-state index contributed by atoms with van der Waals surface area (Å²) in [5, 5.41) is 0. The smallest absolute Gasteiger partial charge is 0.157 e. The van der Waals surface area contributed by atoms with E-state index in [2.05, 4.69) is 17.6 Å². The topological polar surface area (TPSA) is 20.3 Å². The fourth-order valence-electron chi connectivity index (χ4n) is 3.64. The van der Waals surface area contributed by atoms with Gasteiger partial charge >= 0.3 is 0 Å². The first-order chi connectivity index (χ1) is 8.75. The highest BCUT2D eigenvalue weighted by Crippen LogP contribution is 2.39. The van der Waals surface area contributed by atoms with Crippen LogP contribution in [0.5, 0.6) is 0 Å². The van der Waals surface area contributed by atoms with Gasteiger partial charge in [0.1, 0.15) is 5.54 Å². The molecular formula is C16H25NO. The van der Waals surface area contributed by atoms with Gasteiger partial charge in [-0.05, 0) is 51.3 Å². The van der Waals surface area contributed by atoms with Crippen LogP contribution in [-0.2, 0) is 4.79 Å². The first kappa shape index (κ1) is 13.5. The maximum atomic E-state index is 12.6. The molecule has 0 N–H and O–H groups in total. The van der Waals surface area contributed by atoms with Crippen LogP contribution >= 0.6 is 0 Å². The lowest BCUT2D eigenvalue weighted by Crippen LogP contribution is -2.58. The lowest BCUT2D eigenvalue weighted by atomic mass is 9.73. The van der Waals surface area contributed by atoms with Crippen LogP contribution in [0.25, 0.3) is 0 Å². The van der Waals surface area contributed by atoms with Crippen LogP contribution in [0, 0.1) is 0 Å². The summed E-state index contributed by atoms with van der Waals surface area (Å²) in [6.45, 7) is 8.10. The normalized spacial score (nSPS) is 31.4. The summed E-state index contributed by atoms with van der Waals surface area (Å²) >= 11 is 0. The van der Waals surface area contributed by atoms with Gasteiger partial charge in [0.15, 0.2) is 5.78 Å². The van der Waals surface area contributed by atoms with Gasteiger partial charge in [0.05, 0.1) is 0 Å². The summed E-state index contributed by atoms with van der Waals surface area (Å²) in [5.74, 6) is 0.420. The molecule has 1 saturated carbocycles. The molecule has 0 aromatic heterocycles. The Morgan fingerprint density at radius 3 is 2.50 bits per heavy atom. The van der Waals surface area contributed by atoms with Crippen molar-refractivity contribution in [1.29, 1.82) is 0 Å². The number of nitrogens with zero attached hydrogens (tertiary/aromatic N) is 1. The van der Waals surface area contributed by atoms with E-state index in [4.69, 9.17) is 0 Å². The molecule has 2 heteroatoms. The molecule has 1 atom stereocenters. The Bertz CT molecular complexity index is 352. The second-order valence-electron chi connectivity index (χ2n) is 5.49. The van der Waals surface area contributed by atoms with E-state index in [1.807, 2.05) is 13.0 Å². The Balaban J connectivity index is 2.37. The maximum Gasteiger partial charge on any atom is 0.157 e. The van der Waals surface area contributed by atoms with Crippen molar-refractivity contribution in [2.45, 2.75) is 57.4 Å². The highest BCUT2D eigenvalue weighted by atomic mass is 16.1. The van der Waals surface area contributed by atoms with E-state index < -0.39 is 0 Å². The fraction of sp³-hybridized carbons (Fsp3) is 0.688. The van der Waals surface area contributed by atoms with Crippen molar-refractivity contribution < 1.29 is 4.79 Å². The van der Waals surface area contributed by atoms with Crippen molar-refractivity contribution in [3.8, 4) is 0 Å². The van der Waals surface area contributed by atoms with E-state index in [0.29, 0.717) is 5.78 Å². The minimum atomic E-state index is -0.338. The van der Waals surface area contributed by atoms with E-state index in [1.165, 1.54) is 19.3 Å². The minimum absolute atomic E-state index is 0.338. The van der Waals surface area contributed by atoms with E-state index in [1.54, 1.807) is 0 Å². The molecule has 0 aromatic rings. The molecule has 1 heterocycles. The van der Waals surface area contributed by atoms with E-state index in [9.17, 15) is 4.79 Å². The molecule has 1 aliphatic heterocycles. The average Bonchev–Trinajstić information content (AvgIpc) is 2.43. The number of ketones is 1. The second-order valence-corrected chi connectivity index (χ2v) is 5.49. The van der Waals surface area contributed by atoms with Gasteiger partial charge in [-0.15, -0.1) is 0 Å². The molecule has 2 nitrogen and oxygen atoms in total. The lowest BCUT2D eigenvalue weighted by Gasteiger charge is -2.47. The Labute approximate surface area is 111 Å². The van der Waals surface area contributed by atoms with Crippen molar-refractivity contribution in [1.82, 2.24) is 4.90 Å². The third-order valence-electron chi connectivity index (χ3n) is 4.56. The summed E-state index contributed by atoms with van der Waals surface area (Å²) in [7, 11) is 0. The van der Waals surface area contributed by atoms with Crippen molar-refractivity contribution in [2.24, 2.45) is 0 Å². The standard InChI is InChI=1S/C16H25NO/c1-3-14(4-2)16(11-7-6-10-15(16)18)17-12-8-5-9-13-17/h3-4H,1,5-13H2,2H3/b14-4+/t16-/m1/s1. The zero-order chi connectivity index (χ0) is 13.0. The molecular weight excluding hydrogens is 222 g/mol. The zero-order valence-corrected chi connectivity index (χ0v) is 11.6. The minimum Gasteiger partial charge on any atom is -0.297 e. The van der Waals surface area contributed by atoms with Gasteiger partial charge in [0.2, 0.25) is 0 Å². The van der Waals surface area contributed by atoms with Gasteiger partial charge in [0, 0.05) is 6.42 Å². The summed E-state index contributed by atoms with van der Waals surface area (Å²) < 4.78 is 0. The highest BCUT2D eigenvalue weighted by molar-refractivity contribution is 5.93. The Kier molecular flexibility index (Phi) is 4.39. The van der Waals surface area contributed by atoms with Gasteiger partial charge in [-0.3, -0.25) is 9.69 Å². The number of hydrogen-bond acceptors (Lipinski definition) is 2. The van der Waals surface area contributed by atoms with Gasteiger partial charge in [-0.25, -0.2) is 0 Å². The third-order valence-corrected chi connectivity index (χ3v) is 4.56. The molecule has 2 fully saturated rings. The van der Waals surface area contributed by atoms with Crippen LogP contribution in [0.4, 0.5) is 0 Å². The number of Topliss-reactive ketones (excluding diaryl/α,β-unsaturated/α-hetero) is 1. The molecule has 100 valence electrons. The molecule has 0 radical (unpaired) electrons. The number of rotatable bonds is 3. The molecule has 18 heavy (non-hydrogen) atoms. The van der Waals surface area contributed by atoms with Crippen LogP contribution in [-0.4, -0.2) is 29.3 Å². The third kappa shape index (κ3) is 2.18. The Morgan fingerprint density at radius 2 is 1.94 bits per heavy atom. The van der Waals surface area contributed by atoms with Gasteiger partial charge < -0.3 is 0 Å². The molecule has 0 amide bonds. The monoisotopic (exact) mass is 247 g/mol. The van der Waals surface area contributed by atoms with Crippen LogP contribution < -0.4 is 0 Å². The molecule has 1 aliphatic carbocycles. The van der Waals surface area contributed by atoms with Crippen LogP contribution in [0.3, 0.4) is 0 Å². The number of hydrogen-bond donors (Lipinski definition) is 0. The largest absolute Gasteiger partial charge is 0.297 e. The predicted molar refractivity (Wildman–Crippen MR) is 75.6 cm³/mol. The van der Waals surface area contributed by atoms with Crippen LogP contribution in [0.2, 0.25) is 0 Å². The summed E-state index contributed by atoms with van der Waals surface area (Å²) in [6.07, 6.45) is 11.7. The fourth-order valence-corrected chi connectivity index (χ4v) is 3.64. The molecule has 0 aromatic carbocycles. The van der Waals surface area contributed by atoms with Gasteiger partial charge in [0.25, 0.3) is 0 Å². The van der Waals surface area contributed by atoms with Gasteiger partial charge in [-0.1, -0.05) is 31.6 Å². The first-order valence-electron chi connectivity index (χ1n) is 7.33. The molecule has 2 aliphatic rings. The SMILES string of the molecule is C=C/C(=C\C)[C@]1(N2CCCCC2)CCCCC1=O. The Morgan fingerprint density at radius 1 is 1.22 bits per heavy atom. The van der Waals surface area contributed by atoms with Crippen LogP contribution in [0.1, 0.15) is 51.9 Å². The number of carbonyl (C=O) groups excluding carboxylic acids is 1. The number of piperidine rings is 1. The summed E-state index contributed by atoms with van der Waals surface area (Å²) in [4.78, 5) is 15.1. The van der Waals surface area contributed by atoms with Gasteiger partial charge in [-0.2, -0.15) is 0 Å². The van der Waals surface area contributed by atoms with E-state index in [-0.39, 0.29) is 5.54 Å². The first-order valence-corrected chi connectivity index (χ1v) is 7.33. The molecule has 0 spiro atoms. The van der Waals surface area contributed by atoms with E-state index >= 15 is 0 Å². The molecule has 2 rings (SSSR count). The number of carbonyl (C=O) groups is 1. The highest BCUT2D eigenvalue weighted by Gasteiger charge is 2.46. The maximum absolute atomic E-state index is 12.6. The molecule has 0 unspecified atom stereocenters. The molecule has 1 saturated heterocycles. The van der Waals surface area contributed by atoms with Crippen molar-refractivity contribution in [3.05, 3.63) is 24.3 Å². The summed E-state index contributed by atoms with van der Waals surface area (Å²) in [6, 6.07) is 0. The van der Waals surface area contributed by atoms with Crippen LogP contribution in [0.15, 0.2) is 24.3 Å². The lowest BCUT2D eigenvalue weighted by molar-refractivity contribution is -0.132. The molecule has 0 bridgehead atoms. The Hall–Kier alpha value is -0.890. The number of likely N-dealkylation sites (tertiary alicyclic amines) is 1. The number of allylic oxidation sites excluding steroid dienone is 1. The average molecular weight is 247 g/mol. The summed E-state index contributed by atoms with van der Waals surface area (Å²) in [5.41, 5.74) is 0.795. The van der Waals surface area contributed by atoms with Crippen molar-refractivity contribution in [2.75, 3.05) is 13.1 Å².